The molecule has 0 N–H and O–H groups in total. The highest BCUT2D eigenvalue weighted by Crippen LogP contribution is 2.65. The Kier molecular flexibility index (Phi) is 19.7. The monoisotopic (exact) mass is 1690 g/mol. The fourth-order valence-corrected chi connectivity index (χ4v) is 18.5. The first kappa shape index (κ1) is 77.9. The number of hydrogen-bond donors (Lipinski definition) is 0. The molecule has 0 amide bonds. The van der Waals surface area contributed by atoms with E-state index in [4.69, 9.17) is 53.9 Å². The van der Waals surface area contributed by atoms with E-state index in [1.165, 1.54) is 44.5 Å². The van der Waals surface area contributed by atoms with Gasteiger partial charge in [-0.05, 0) is 190 Å². The van der Waals surface area contributed by atoms with Gasteiger partial charge in [0.2, 0.25) is 0 Å². The molecule has 14 heteroatoms. The predicted molar refractivity (Wildman–Crippen MR) is 503 cm³/mol. The highest BCUT2D eigenvalue weighted by atomic mass is 79.9. The van der Waals surface area contributed by atoms with Gasteiger partial charge in [-0.2, -0.15) is 10.5 Å². The fraction of sp³-hybridized carbons (Fsp3) is 0.0714. The maximum Gasteiger partial charge on any atom is 0.494 e. The maximum atomic E-state index is 9.48. The molecular weight excluding hydrogens is 1610 g/mol. The zero-order valence-corrected chi connectivity index (χ0v) is 70.7. The molecule has 0 radical (unpaired) electrons. The van der Waals surface area contributed by atoms with Crippen LogP contribution in [-0.2, 0) is 20.1 Å². The van der Waals surface area contributed by atoms with Gasteiger partial charge in [-0.25, -0.2) is 29.9 Å². The number of para-hydroxylation sites is 2. The van der Waals surface area contributed by atoms with Gasteiger partial charge < -0.3 is 18.8 Å². The van der Waals surface area contributed by atoms with Crippen LogP contribution in [0.1, 0.15) is 83.3 Å². The van der Waals surface area contributed by atoms with Crippen LogP contribution in [0.2, 0.25) is 0 Å². The Labute approximate surface area is 739 Å². The molecule has 18 aromatic rings. The molecule has 12 nitrogen and oxygen atoms in total. The van der Waals surface area contributed by atoms with Crippen molar-refractivity contribution in [2.75, 3.05) is 0 Å². The average Bonchev–Trinajstić information content (AvgIpc) is 1.51. The van der Waals surface area contributed by atoms with Crippen molar-refractivity contribution >= 4 is 28.5 Å². The van der Waals surface area contributed by atoms with E-state index in [1.807, 2.05) is 176 Å². The number of hydrogen-bond acceptors (Lipinski definition) is 12. The van der Waals surface area contributed by atoms with E-state index >= 15 is 0 Å². The third kappa shape index (κ3) is 13.6. The summed E-state index contributed by atoms with van der Waals surface area (Å²) in [5.41, 5.74) is 26.2. The normalized spacial score (nSPS) is 15.6. The summed E-state index contributed by atoms with van der Waals surface area (Å²) < 4.78 is 27.8. The number of fused-ring (bicyclic) bond motifs is 18. The molecule has 0 saturated carbocycles. The van der Waals surface area contributed by atoms with Gasteiger partial charge in [-0.3, -0.25) is 0 Å². The zero-order valence-electron chi connectivity index (χ0n) is 69.1. The highest BCUT2D eigenvalue weighted by Gasteiger charge is 2.56. The Morgan fingerprint density at radius 1 is 0.246 bits per heavy atom. The molecule has 2 aromatic heterocycles. The highest BCUT2D eigenvalue weighted by molar-refractivity contribution is 9.10. The summed E-state index contributed by atoms with van der Waals surface area (Å²) >= 11 is 3.27. The molecule has 1 fully saturated rings. The van der Waals surface area contributed by atoms with Crippen LogP contribution in [0, 0.1) is 22.7 Å². The second-order valence-corrected chi connectivity index (χ2v) is 33.8. The first-order valence-corrected chi connectivity index (χ1v) is 42.8. The van der Waals surface area contributed by atoms with Gasteiger partial charge in [0.15, 0.2) is 34.9 Å². The smallest absolute Gasteiger partial charge is 0.457 e. The lowest BCUT2D eigenvalue weighted by Gasteiger charge is -2.39. The summed E-state index contributed by atoms with van der Waals surface area (Å²) in [4.78, 5) is 29.6. The van der Waals surface area contributed by atoms with Crippen molar-refractivity contribution in [3.63, 3.8) is 0 Å². The third-order valence-electron chi connectivity index (χ3n) is 25.1. The number of nitriles is 2. The minimum atomic E-state index is -0.655. The van der Waals surface area contributed by atoms with Gasteiger partial charge in [0.25, 0.3) is 0 Å². The van der Waals surface area contributed by atoms with Crippen LogP contribution in [0.5, 0.6) is 23.0 Å². The van der Waals surface area contributed by atoms with Gasteiger partial charge in [0.1, 0.15) is 23.0 Å². The molecule has 23 rings (SSSR count). The van der Waals surface area contributed by atoms with Crippen molar-refractivity contribution in [3.05, 3.63) is 448 Å². The minimum absolute atomic E-state index is 0.461. The van der Waals surface area contributed by atoms with Crippen LogP contribution in [0.4, 0.5) is 0 Å². The number of ether oxygens (including phenoxy) is 2. The molecule has 5 heterocycles. The van der Waals surface area contributed by atoms with Crippen LogP contribution in [-0.4, -0.2) is 48.2 Å². The Bertz CT molecular complexity index is 7240. The van der Waals surface area contributed by atoms with Gasteiger partial charge in [0, 0.05) is 60.1 Å². The molecule has 3 aliphatic heterocycles. The molecular formula is C112H76BBrN8O4. The quantitative estimate of drug-likeness (QED) is 0.119. The summed E-state index contributed by atoms with van der Waals surface area (Å²) in [6, 6.07) is 138. The second kappa shape index (κ2) is 31.8. The van der Waals surface area contributed by atoms with Gasteiger partial charge >= 0.3 is 7.12 Å². The van der Waals surface area contributed by atoms with E-state index in [9.17, 15) is 5.26 Å². The van der Waals surface area contributed by atoms with E-state index in [-0.39, 0.29) is 0 Å². The predicted octanol–water partition coefficient (Wildman–Crippen LogP) is 26.2. The lowest BCUT2D eigenvalue weighted by atomic mass is 9.64. The molecule has 2 spiro atoms. The number of benzene rings is 16. The molecule has 0 bridgehead atoms. The summed E-state index contributed by atoms with van der Waals surface area (Å²) in [7, 11) is -0.498. The average molecular weight is 1690 g/mol. The van der Waals surface area contributed by atoms with Crippen molar-refractivity contribution in [3.8, 4) is 159 Å². The van der Waals surface area contributed by atoms with Gasteiger partial charge in [0.05, 0.1) is 45.3 Å². The molecule has 2 unspecified atom stereocenters. The standard InChI is InChI=1S/C53H32N4O.C52H40BN3O3.C7H4BrN/c54-33-34-19-21-35(22-20-34)40-27-29-43-42-15-7-8-16-44(42)53(46(43)31-40)45-17-9-10-18-48(45)58-49-30-28-41(32-47(49)53)36-23-25-39(26-24-36)52-56-50(37-11-3-1-4-12-37)55-51(57-52)38-13-5-2-6-14-38;1-50(2)51(3,4)59-53(58-50)38-28-29-40-39-19-11-12-20-41(39)52(43(40)32-38)42-21-13-14-22-45(42)57-46-30-27-37(31-44(46)52)33-23-25-36(26-24-33)49-55-47(34-15-7-5-8-16-34)54-48(56-49)35-17-9-6-10-18-35;8-7-3-1-6(5-9)2-4-7/h1-32H;5-32H,1-4H3;1-4H. The number of rotatable bonds is 10. The van der Waals surface area contributed by atoms with Crippen molar-refractivity contribution in [2.24, 2.45) is 0 Å². The Morgan fingerprint density at radius 3 is 0.897 bits per heavy atom. The van der Waals surface area contributed by atoms with E-state index in [0.29, 0.717) is 46.1 Å². The van der Waals surface area contributed by atoms with Crippen LogP contribution >= 0.6 is 15.9 Å². The second-order valence-electron chi connectivity index (χ2n) is 32.9. The lowest BCUT2D eigenvalue weighted by molar-refractivity contribution is 0.00578. The Morgan fingerprint density at radius 2 is 0.516 bits per heavy atom. The van der Waals surface area contributed by atoms with Crippen molar-refractivity contribution in [1.82, 2.24) is 29.9 Å². The topological polar surface area (TPSA) is 162 Å². The van der Waals surface area contributed by atoms with E-state index in [1.54, 1.807) is 12.1 Å². The molecule has 5 aliphatic rings. The third-order valence-corrected chi connectivity index (χ3v) is 25.6. The van der Waals surface area contributed by atoms with Crippen LogP contribution in [0.3, 0.4) is 0 Å². The zero-order chi connectivity index (χ0) is 85.3. The van der Waals surface area contributed by atoms with Gasteiger partial charge in [-0.1, -0.05) is 325 Å². The molecule has 16 aromatic carbocycles. The largest absolute Gasteiger partial charge is 0.494 e. The van der Waals surface area contributed by atoms with E-state index < -0.39 is 29.2 Å². The molecule has 598 valence electrons. The van der Waals surface area contributed by atoms with Gasteiger partial charge in [-0.15, -0.1) is 0 Å². The Hall–Kier alpha value is -15.4. The van der Waals surface area contributed by atoms with Crippen LogP contribution in [0.25, 0.3) is 124 Å². The van der Waals surface area contributed by atoms with Crippen molar-refractivity contribution < 1.29 is 18.8 Å². The summed E-state index contributed by atoms with van der Waals surface area (Å²) in [6.07, 6.45) is 0. The minimum Gasteiger partial charge on any atom is -0.457 e. The summed E-state index contributed by atoms with van der Waals surface area (Å²) in [6.45, 7) is 8.41. The molecule has 1 saturated heterocycles. The van der Waals surface area contributed by atoms with Crippen molar-refractivity contribution in [2.45, 2.75) is 49.7 Å². The fourth-order valence-electron chi connectivity index (χ4n) is 18.2. The number of nitrogens with zero attached hydrogens (tertiary/aromatic N) is 8. The number of halogens is 1. The first-order valence-electron chi connectivity index (χ1n) is 42.0. The van der Waals surface area contributed by atoms with Crippen LogP contribution in [0.15, 0.2) is 393 Å². The van der Waals surface area contributed by atoms with E-state index in [2.05, 4.69) is 256 Å². The van der Waals surface area contributed by atoms with E-state index in [0.717, 1.165) is 122 Å². The lowest BCUT2D eigenvalue weighted by Crippen LogP contribution is -2.41. The van der Waals surface area contributed by atoms with Crippen molar-refractivity contribution in [1.29, 1.82) is 10.5 Å². The Balaban J connectivity index is 0.000000140. The molecule has 2 aliphatic carbocycles. The molecule has 126 heavy (non-hydrogen) atoms. The van der Waals surface area contributed by atoms with Crippen LogP contribution < -0.4 is 14.9 Å². The summed E-state index contributed by atoms with van der Waals surface area (Å²) in [5.74, 6) is 7.14. The maximum absolute atomic E-state index is 9.48. The number of aromatic nitrogens is 6. The molecule has 2 atom stereocenters. The first-order chi connectivity index (χ1) is 61.7. The SMILES string of the molecule is CC1(C)OB(c2ccc3c(c2)C2(c4ccccc4Oc4ccc(-c5ccc(-c6nc(-c7ccccc7)nc(-c7ccccc7)n6)cc5)cc42)c2ccccc2-3)OC1(C)C.N#Cc1ccc(-c2ccc3c(c2)C2(c4ccccc4Oc4ccc(-c5ccc(-c6nc(-c7ccccc7)nc(-c7ccccc7)n6)cc5)cc42)c2ccccc2-3)cc1.N#Cc1ccc(Br)cc1. The summed E-state index contributed by atoms with van der Waals surface area (Å²) in [5, 5.41) is 17.8.